The number of aliphatic hydroxyl groups excluding tert-OH is 1. The lowest BCUT2D eigenvalue weighted by molar-refractivity contribution is -0.146. The number of aromatic nitrogens is 1. The molecule has 5 atom stereocenters. The molecule has 4 N–H and O–H groups in total. The van der Waals surface area contributed by atoms with Crippen LogP contribution < -0.4 is 16.1 Å². The van der Waals surface area contributed by atoms with E-state index < -0.39 is 36.1 Å². The molecule has 0 saturated carbocycles. The van der Waals surface area contributed by atoms with E-state index >= 15 is 0 Å². The number of halogens is 1. The van der Waals surface area contributed by atoms with Crippen molar-refractivity contribution in [1.29, 1.82) is 0 Å². The van der Waals surface area contributed by atoms with Crippen LogP contribution in [0.3, 0.4) is 0 Å². The quantitative estimate of drug-likeness (QED) is 0.392. The molecule has 2 unspecified atom stereocenters. The number of hydrazine groups is 1. The van der Waals surface area contributed by atoms with Gasteiger partial charge in [-0.15, -0.1) is 0 Å². The van der Waals surface area contributed by atoms with Crippen LogP contribution in [0.2, 0.25) is 0 Å². The molecule has 2 aromatic rings. The number of carbonyl (C=O) groups is 3. The van der Waals surface area contributed by atoms with Crippen LogP contribution in [0.15, 0.2) is 34.8 Å². The normalized spacial score (nSPS) is 19.5. The summed E-state index contributed by atoms with van der Waals surface area (Å²) in [5, 5.41) is 17.8. The van der Waals surface area contributed by atoms with Crippen molar-refractivity contribution in [3.05, 3.63) is 40.5 Å². The summed E-state index contributed by atoms with van der Waals surface area (Å²) >= 11 is 3.45. The molecule has 1 aromatic carbocycles. The summed E-state index contributed by atoms with van der Waals surface area (Å²) in [5.41, 5.74) is 4.53. The van der Waals surface area contributed by atoms with E-state index in [0.717, 1.165) is 21.1 Å². The van der Waals surface area contributed by atoms with E-state index in [2.05, 4.69) is 37.0 Å². The molecule has 1 fully saturated rings. The second-order valence-electron chi connectivity index (χ2n) is 8.73. The van der Waals surface area contributed by atoms with Gasteiger partial charge in [-0.25, -0.2) is 5.43 Å². The number of pyridine rings is 1. The first-order valence-corrected chi connectivity index (χ1v) is 12.4. The highest BCUT2D eigenvalue weighted by Crippen LogP contribution is 2.21. The number of hydrogen-bond donors (Lipinski definition) is 4. The van der Waals surface area contributed by atoms with Crippen LogP contribution in [0.25, 0.3) is 10.9 Å². The Bertz CT molecular complexity index is 1080. The average Bonchev–Trinajstić information content (AvgIpc) is 2.86. The Morgan fingerprint density at radius 3 is 2.63 bits per heavy atom. The highest BCUT2D eigenvalue weighted by Gasteiger charge is 2.32. The van der Waals surface area contributed by atoms with Crippen LogP contribution >= 0.6 is 15.9 Å². The molecule has 2 heterocycles. The van der Waals surface area contributed by atoms with Crippen molar-refractivity contribution in [2.24, 2.45) is 0 Å². The van der Waals surface area contributed by atoms with Gasteiger partial charge in [0.25, 0.3) is 11.8 Å². The second kappa shape index (κ2) is 11.9. The predicted octanol–water partition coefficient (Wildman–Crippen LogP) is 1.57. The van der Waals surface area contributed by atoms with Crippen LogP contribution in [-0.2, 0) is 19.1 Å². The van der Waals surface area contributed by atoms with E-state index in [1.54, 1.807) is 6.92 Å². The SMILES string of the molecule is CO[C@@H](C)C(O)C(=O)NC(C)C(=O)N1CCC[C@@H](C(=O)N[C@H](C)c2ccc3ccc(Br)cc3n2)N1. The molecule has 0 spiro atoms. The maximum atomic E-state index is 12.9. The van der Waals surface area contributed by atoms with Crippen molar-refractivity contribution in [2.45, 2.75) is 63.9 Å². The summed E-state index contributed by atoms with van der Waals surface area (Å²) < 4.78 is 5.88. The van der Waals surface area contributed by atoms with Gasteiger partial charge in [-0.3, -0.25) is 24.4 Å². The fourth-order valence-electron chi connectivity index (χ4n) is 3.81. The topological polar surface area (TPSA) is 133 Å². The molecule has 190 valence electrons. The lowest BCUT2D eigenvalue weighted by Crippen LogP contribution is -2.61. The number of aliphatic hydroxyl groups is 1. The number of carbonyl (C=O) groups excluding carboxylic acids is 3. The van der Waals surface area contributed by atoms with Crippen molar-refractivity contribution in [3.8, 4) is 0 Å². The Hall–Kier alpha value is -2.60. The van der Waals surface area contributed by atoms with Crippen molar-refractivity contribution < 1.29 is 24.2 Å². The van der Waals surface area contributed by atoms with Crippen LogP contribution in [0, 0.1) is 0 Å². The third-order valence-corrected chi connectivity index (χ3v) is 6.55. The Kier molecular flexibility index (Phi) is 9.17. The average molecular weight is 550 g/mol. The zero-order valence-electron chi connectivity index (χ0n) is 20.2. The van der Waals surface area contributed by atoms with Crippen molar-refractivity contribution in [1.82, 2.24) is 26.1 Å². The van der Waals surface area contributed by atoms with Gasteiger partial charge >= 0.3 is 0 Å². The maximum Gasteiger partial charge on any atom is 0.258 e. The van der Waals surface area contributed by atoms with Crippen LogP contribution in [0.4, 0.5) is 0 Å². The van der Waals surface area contributed by atoms with Crippen LogP contribution in [-0.4, -0.2) is 70.8 Å². The molecular weight excluding hydrogens is 518 g/mol. The number of methoxy groups -OCH3 is 1. The Morgan fingerprint density at radius 1 is 1.20 bits per heavy atom. The highest BCUT2D eigenvalue weighted by atomic mass is 79.9. The monoisotopic (exact) mass is 549 g/mol. The molecular formula is C24H32BrN5O5. The number of benzene rings is 1. The van der Waals surface area contributed by atoms with E-state index in [-0.39, 0.29) is 11.9 Å². The predicted molar refractivity (Wildman–Crippen MR) is 134 cm³/mol. The summed E-state index contributed by atoms with van der Waals surface area (Å²) in [6.45, 7) is 5.34. The van der Waals surface area contributed by atoms with E-state index in [1.165, 1.54) is 19.0 Å². The molecule has 35 heavy (non-hydrogen) atoms. The van der Waals surface area contributed by atoms with Gasteiger partial charge < -0.3 is 20.5 Å². The second-order valence-corrected chi connectivity index (χ2v) is 9.65. The zero-order valence-corrected chi connectivity index (χ0v) is 21.8. The number of rotatable bonds is 8. The molecule has 1 saturated heterocycles. The minimum Gasteiger partial charge on any atom is -0.381 e. The van der Waals surface area contributed by atoms with Crippen LogP contribution in [0.1, 0.15) is 45.3 Å². The number of ether oxygens (including phenoxy) is 1. The van der Waals surface area contributed by atoms with Crippen LogP contribution in [0.5, 0.6) is 0 Å². The molecule has 0 aliphatic carbocycles. The summed E-state index contributed by atoms with van der Waals surface area (Å²) in [5.74, 6) is -1.34. The van der Waals surface area contributed by atoms with E-state index in [9.17, 15) is 19.5 Å². The maximum absolute atomic E-state index is 12.9. The van der Waals surface area contributed by atoms with Gasteiger partial charge in [-0.2, -0.15) is 0 Å². The molecule has 11 heteroatoms. The zero-order chi connectivity index (χ0) is 25.7. The number of fused-ring (bicyclic) bond motifs is 1. The molecule has 3 amide bonds. The smallest absolute Gasteiger partial charge is 0.258 e. The number of nitrogens with zero attached hydrogens (tertiary/aromatic N) is 2. The van der Waals surface area contributed by atoms with E-state index in [1.807, 2.05) is 37.3 Å². The third-order valence-electron chi connectivity index (χ3n) is 6.06. The fraction of sp³-hybridized carbons (Fsp3) is 0.500. The van der Waals surface area contributed by atoms with Crippen molar-refractivity contribution >= 4 is 44.6 Å². The summed E-state index contributed by atoms with van der Waals surface area (Å²) in [6, 6.07) is 7.86. The Morgan fingerprint density at radius 2 is 1.91 bits per heavy atom. The third kappa shape index (κ3) is 6.75. The van der Waals surface area contributed by atoms with Gasteiger partial charge in [0.1, 0.15) is 12.1 Å². The summed E-state index contributed by atoms with van der Waals surface area (Å²) in [7, 11) is 1.38. The standard InChI is InChI=1S/C24H32BrN5O5/c1-13(18-10-8-16-7-9-17(25)12-20(16)28-18)26-22(32)19-6-5-11-30(29-19)24(34)14(2)27-23(33)21(31)15(3)35-4/h7-10,12-15,19,21,29,31H,5-6,11H2,1-4H3,(H,26,32)(H,27,33)/t13-,14?,15+,19+,21?/m1/s1. The van der Waals surface area contributed by atoms with E-state index in [4.69, 9.17) is 4.74 Å². The highest BCUT2D eigenvalue weighted by molar-refractivity contribution is 9.10. The Labute approximate surface area is 212 Å². The molecule has 0 bridgehead atoms. The van der Waals surface area contributed by atoms with Gasteiger partial charge in [0.15, 0.2) is 6.10 Å². The van der Waals surface area contributed by atoms with Crippen molar-refractivity contribution in [2.75, 3.05) is 13.7 Å². The number of hydrogen-bond acceptors (Lipinski definition) is 7. The number of nitrogens with one attached hydrogen (secondary N) is 3. The lowest BCUT2D eigenvalue weighted by atomic mass is 10.1. The summed E-state index contributed by atoms with van der Waals surface area (Å²) in [4.78, 5) is 42.6. The first kappa shape index (κ1) is 27.0. The van der Waals surface area contributed by atoms with Gasteiger partial charge in [0.2, 0.25) is 5.91 Å². The summed E-state index contributed by atoms with van der Waals surface area (Å²) in [6.07, 6.45) is -0.920. The van der Waals surface area contributed by atoms with Gasteiger partial charge in [-0.1, -0.05) is 28.1 Å². The molecule has 1 aliphatic rings. The van der Waals surface area contributed by atoms with E-state index in [0.29, 0.717) is 19.4 Å². The Balaban J connectivity index is 1.58. The van der Waals surface area contributed by atoms with Gasteiger partial charge in [0, 0.05) is 23.5 Å². The minimum atomic E-state index is -1.39. The molecule has 1 aliphatic heterocycles. The van der Waals surface area contributed by atoms with Crippen molar-refractivity contribution in [3.63, 3.8) is 0 Å². The first-order chi connectivity index (χ1) is 16.6. The molecule has 3 rings (SSSR count). The van der Waals surface area contributed by atoms with Gasteiger partial charge in [-0.05, 0) is 51.8 Å². The fourth-order valence-corrected chi connectivity index (χ4v) is 4.15. The molecule has 10 nitrogen and oxygen atoms in total. The first-order valence-electron chi connectivity index (χ1n) is 11.6. The minimum absolute atomic E-state index is 0.243. The largest absolute Gasteiger partial charge is 0.381 e. The lowest BCUT2D eigenvalue weighted by Gasteiger charge is -2.35. The number of amides is 3. The molecule has 1 aromatic heterocycles. The molecule has 0 radical (unpaired) electrons. The van der Waals surface area contributed by atoms with Gasteiger partial charge in [0.05, 0.1) is 23.4 Å².